The van der Waals surface area contributed by atoms with Gasteiger partial charge in [0.25, 0.3) is 0 Å². The van der Waals surface area contributed by atoms with Crippen molar-refractivity contribution >= 4 is 56.6 Å². The van der Waals surface area contributed by atoms with Crippen molar-refractivity contribution in [1.82, 2.24) is 9.13 Å². The molecule has 0 spiro atoms. The van der Waals surface area contributed by atoms with E-state index in [0.717, 1.165) is 22.3 Å². The van der Waals surface area contributed by atoms with E-state index in [-0.39, 0.29) is 5.82 Å². The quantitative estimate of drug-likeness (QED) is 0.350. The summed E-state index contributed by atoms with van der Waals surface area (Å²) in [6.45, 7) is 1.93. The Morgan fingerprint density at radius 3 is 2.19 bits per heavy atom. The molecule has 2 heterocycles. The lowest BCUT2D eigenvalue weighted by molar-refractivity contribution is 0.624. The number of hydrogen-bond donors (Lipinski definition) is 0. The molecule has 0 radical (unpaired) electrons. The van der Waals surface area contributed by atoms with Crippen LogP contribution < -0.4 is 0 Å². The SMILES string of the molecule is Cc1cc2c(F)c(Cc3cc4c(Cl)ccc(Cl)c4n3C)cc(Cl)c2n1C. The van der Waals surface area contributed by atoms with Crippen LogP contribution in [0.1, 0.15) is 17.0 Å². The molecule has 0 aliphatic rings. The summed E-state index contributed by atoms with van der Waals surface area (Å²) in [5.74, 6) is -0.240. The van der Waals surface area contributed by atoms with Gasteiger partial charge in [-0.3, -0.25) is 0 Å². The highest BCUT2D eigenvalue weighted by molar-refractivity contribution is 6.40. The molecule has 0 aliphatic carbocycles. The van der Waals surface area contributed by atoms with Crippen molar-refractivity contribution < 1.29 is 4.39 Å². The van der Waals surface area contributed by atoms with Crippen LogP contribution in [0.4, 0.5) is 4.39 Å². The average Bonchev–Trinajstić information content (AvgIpc) is 3.08. The van der Waals surface area contributed by atoms with Gasteiger partial charge >= 0.3 is 0 Å². The Hall–Kier alpha value is -1.68. The number of benzene rings is 2. The zero-order valence-electron chi connectivity index (χ0n) is 14.5. The molecule has 0 saturated heterocycles. The molecule has 4 aromatic rings. The standard InChI is InChI=1S/C20H16Cl3FN2/c1-10-6-14-18(24)11(8-17(23)20(14)25(10)2)7-12-9-13-15(21)4-5-16(22)19(13)26(12)3/h4-6,8-9H,7H2,1-3H3. The van der Waals surface area contributed by atoms with Crippen molar-refractivity contribution in [1.29, 1.82) is 0 Å². The van der Waals surface area contributed by atoms with Crippen LogP contribution in [0.3, 0.4) is 0 Å². The molecule has 2 aromatic heterocycles. The molecule has 0 saturated carbocycles. The van der Waals surface area contributed by atoms with Gasteiger partial charge in [0.15, 0.2) is 0 Å². The Morgan fingerprint density at radius 1 is 0.846 bits per heavy atom. The Morgan fingerprint density at radius 2 is 1.50 bits per heavy atom. The summed E-state index contributed by atoms with van der Waals surface area (Å²) >= 11 is 19.1. The molecule has 26 heavy (non-hydrogen) atoms. The second-order valence-electron chi connectivity index (χ2n) is 6.60. The van der Waals surface area contributed by atoms with Crippen molar-refractivity contribution in [2.75, 3.05) is 0 Å². The normalized spacial score (nSPS) is 11.8. The number of aromatic nitrogens is 2. The fraction of sp³-hybridized carbons (Fsp3) is 0.200. The van der Waals surface area contributed by atoms with Gasteiger partial charge in [0.05, 0.1) is 26.1 Å². The van der Waals surface area contributed by atoms with E-state index in [1.54, 1.807) is 18.2 Å². The maximum Gasteiger partial charge on any atom is 0.136 e. The number of halogens is 4. The Bertz CT molecular complexity index is 1190. The number of hydrogen-bond acceptors (Lipinski definition) is 0. The molecule has 2 aromatic carbocycles. The molecule has 4 rings (SSSR count). The maximum atomic E-state index is 15.1. The minimum atomic E-state index is -0.240. The summed E-state index contributed by atoms with van der Waals surface area (Å²) in [4.78, 5) is 0. The Balaban J connectivity index is 1.90. The molecule has 0 atom stereocenters. The number of aryl methyl sites for hydroxylation is 3. The lowest BCUT2D eigenvalue weighted by atomic mass is 10.1. The number of nitrogens with zero attached hydrogens (tertiary/aromatic N) is 2. The summed E-state index contributed by atoms with van der Waals surface area (Å²) in [6.07, 6.45) is 0.396. The topological polar surface area (TPSA) is 9.86 Å². The van der Waals surface area contributed by atoms with Crippen molar-refractivity contribution in [2.24, 2.45) is 14.1 Å². The largest absolute Gasteiger partial charge is 0.347 e. The van der Waals surface area contributed by atoms with Gasteiger partial charge in [0, 0.05) is 42.7 Å². The van der Waals surface area contributed by atoms with Crippen LogP contribution >= 0.6 is 34.8 Å². The third kappa shape index (κ3) is 2.53. The first kappa shape index (κ1) is 17.7. The maximum absolute atomic E-state index is 15.1. The van der Waals surface area contributed by atoms with Crippen molar-refractivity contribution in [3.63, 3.8) is 0 Å². The first-order valence-electron chi connectivity index (χ1n) is 8.14. The van der Waals surface area contributed by atoms with E-state index in [9.17, 15) is 0 Å². The third-order valence-corrected chi connectivity index (χ3v) is 6.00. The predicted molar refractivity (Wildman–Crippen MR) is 108 cm³/mol. The Kier molecular flexibility index (Phi) is 4.22. The smallest absolute Gasteiger partial charge is 0.136 e. The van der Waals surface area contributed by atoms with E-state index in [2.05, 4.69) is 0 Å². The van der Waals surface area contributed by atoms with Gasteiger partial charge in [0.2, 0.25) is 0 Å². The third-order valence-electron chi connectivity index (χ3n) is 5.08. The molecule has 0 N–H and O–H groups in total. The molecule has 0 unspecified atom stereocenters. The molecule has 6 heteroatoms. The highest BCUT2D eigenvalue weighted by Crippen LogP contribution is 2.35. The van der Waals surface area contributed by atoms with Gasteiger partial charge in [0.1, 0.15) is 5.82 Å². The van der Waals surface area contributed by atoms with E-state index < -0.39 is 0 Å². The van der Waals surface area contributed by atoms with Gasteiger partial charge in [-0.25, -0.2) is 4.39 Å². The van der Waals surface area contributed by atoms with Gasteiger partial charge in [-0.1, -0.05) is 34.8 Å². The number of rotatable bonds is 2. The fourth-order valence-electron chi connectivity index (χ4n) is 3.58. The summed E-state index contributed by atoms with van der Waals surface area (Å²) in [6, 6.07) is 9.03. The minimum Gasteiger partial charge on any atom is -0.347 e. The van der Waals surface area contributed by atoms with Crippen LogP contribution in [0.15, 0.2) is 30.3 Å². The van der Waals surface area contributed by atoms with Gasteiger partial charge in [-0.05, 0) is 42.8 Å². The molecule has 0 bridgehead atoms. The molecule has 134 valence electrons. The highest BCUT2D eigenvalue weighted by Gasteiger charge is 2.18. The van der Waals surface area contributed by atoms with E-state index >= 15 is 4.39 Å². The second kappa shape index (κ2) is 6.19. The van der Waals surface area contributed by atoms with Crippen LogP contribution in [0.2, 0.25) is 15.1 Å². The van der Waals surface area contributed by atoms with Crippen molar-refractivity contribution in [2.45, 2.75) is 13.3 Å². The van der Waals surface area contributed by atoms with E-state index in [1.165, 1.54) is 0 Å². The van der Waals surface area contributed by atoms with Crippen molar-refractivity contribution in [3.8, 4) is 0 Å². The summed E-state index contributed by atoms with van der Waals surface area (Å²) in [5, 5.41) is 3.19. The lowest BCUT2D eigenvalue weighted by Crippen LogP contribution is -2.01. The van der Waals surface area contributed by atoms with Gasteiger partial charge in [-0.2, -0.15) is 0 Å². The van der Waals surface area contributed by atoms with E-state index in [1.807, 2.05) is 42.3 Å². The van der Waals surface area contributed by atoms with Crippen LogP contribution in [0.5, 0.6) is 0 Å². The highest BCUT2D eigenvalue weighted by atomic mass is 35.5. The van der Waals surface area contributed by atoms with E-state index in [0.29, 0.717) is 38.0 Å². The van der Waals surface area contributed by atoms with Gasteiger partial charge in [-0.15, -0.1) is 0 Å². The van der Waals surface area contributed by atoms with Crippen molar-refractivity contribution in [3.05, 3.63) is 68.2 Å². The summed E-state index contributed by atoms with van der Waals surface area (Å²) < 4.78 is 19.0. The zero-order chi connectivity index (χ0) is 18.7. The lowest BCUT2D eigenvalue weighted by Gasteiger charge is -2.09. The van der Waals surface area contributed by atoms with Crippen LogP contribution in [0.25, 0.3) is 21.8 Å². The van der Waals surface area contributed by atoms with Crippen LogP contribution in [0, 0.1) is 12.7 Å². The first-order valence-corrected chi connectivity index (χ1v) is 9.28. The molecular weight excluding hydrogens is 394 g/mol. The second-order valence-corrected chi connectivity index (χ2v) is 7.82. The minimum absolute atomic E-state index is 0.240. The van der Waals surface area contributed by atoms with E-state index in [4.69, 9.17) is 34.8 Å². The molecular formula is C20H16Cl3FN2. The Labute approximate surface area is 165 Å². The summed E-state index contributed by atoms with van der Waals surface area (Å²) in [5.41, 5.74) is 3.98. The zero-order valence-corrected chi connectivity index (χ0v) is 16.8. The molecule has 2 nitrogen and oxygen atoms in total. The van der Waals surface area contributed by atoms with Crippen LogP contribution in [-0.4, -0.2) is 9.13 Å². The predicted octanol–water partition coefficient (Wildman–Crippen LogP) is 6.67. The summed E-state index contributed by atoms with van der Waals surface area (Å²) in [7, 11) is 3.79. The van der Waals surface area contributed by atoms with Crippen LogP contribution in [-0.2, 0) is 20.5 Å². The molecule has 0 amide bonds. The average molecular weight is 410 g/mol. The molecule has 0 aliphatic heterocycles. The fourth-order valence-corrected chi connectivity index (χ4v) is 4.44. The monoisotopic (exact) mass is 408 g/mol. The van der Waals surface area contributed by atoms with Gasteiger partial charge < -0.3 is 9.13 Å². The first-order chi connectivity index (χ1) is 12.3. The molecule has 0 fully saturated rings. The number of fused-ring (bicyclic) bond motifs is 2.